The number of phenols is 1. The average molecular weight is 405 g/mol. The van der Waals surface area contributed by atoms with Crippen molar-refractivity contribution in [2.24, 2.45) is 0 Å². The molecule has 1 rings (SSSR count). The van der Waals surface area contributed by atoms with Gasteiger partial charge in [-0.15, -0.1) is 0 Å². The lowest BCUT2D eigenvalue weighted by atomic mass is 9.95. The maximum atomic E-state index is 10.3. The molecule has 1 aromatic rings. The zero-order valence-corrected chi connectivity index (χ0v) is 19.3. The van der Waals surface area contributed by atoms with Crippen LogP contribution in [0.5, 0.6) is 5.75 Å². The van der Waals surface area contributed by atoms with E-state index in [4.69, 9.17) is 5.11 Å². The van der Waals surface area contributed by atoms with E-state index in [9.17, 15) is 5.11 Å². The largest absolute Gasteiger partial charge is 0.508 e. The van der Waals surface area contributed by atoms with Crippen molar-refractivity contribution in [1.29, 1.82) is 0 Å². The Morgan fingerprint density at radius 2 is 1.07 bits per heavy atom. The standard InChI is InChI=1S/C27H48O2/c1-2-3-4-5-10-13-16-20-25-21-19-23-27(29)26(25)22-17-14-11-8-6-7-9-12-15-18-24-28/h19,21,23,28-29H,2-18,20,22,24H2,1H3. The Kier molecular flexibility index (Phi) is 17.0. The van der Waals surface area contributed by atoms with Crippen molar-refractivity contribution in [2.45, 2.75) is 129 Å². The highest BCUT2D eigenvalue weighted by atomic mass is 16.3. The molecule has 0 amide bonds. The van der Waals surface area contributed by atoms with Crippen LogP contribution in [0.25, 0.3) is 0 Å². The fourth-order valence-electron chi connectivity index (χ4n) is 4.24. The molecule has 0 atom stereocenters. The van der Waals surface area contributed by atoms with Crippen molar-refractivity contribution >= 4 is 0 Å². The number of hydrogen-bond acceptors (Lipinski definition) is 2. The molecule has 0 aromatic heterocycles. The monoisotopic (exact) mass is 404 g/mol. The predicted molar refractivity (Wildman–Crippen MR) is 127 cm³/mol. The molecule has 0 spiro atoms. The van der Waals surface area contributed by atoms with Gasteiger partial charge in [-0.2, -0.15) is 0 Å². The van der Waals surface area contributed by atoms with Crippen molar-refractivity contribution in [2.75, 3.05) is 6.61 Å². The van der Waals surface area contributed by atoms with Gasteiger partial charge in [-0.25, -0.2) is 0 Å². The maximum Gasteiger partial charge on any atom is 0.119 e. The fraction of sp³-hybridized carbons (Fsp3) is 0.778. The first-order chi connectivity index (χ1) is 14.3. The minimum Gasteiger partial charge on any atom is -0.508 e. The molecule has 1 aromatic carbocycles. The molecule has 2 nitrogen and oxygen atoms in total. The van der Waals surface area contributed by atoms with Crippen molar-refractivity contribution in [3.8, 4) is 5.75 Å². The second-order valence-electron chi connectivity index (χ2n) is 8.80. The van der Waals surface area contributed by atoms with Crippen LogP contribution in [-0.2, 0) is 12.8 Å². The van der Waals surface area contributed by atoms with E-state index in [1.54, 1.807) is 0 Å². The Labute approximate surface area is 181 Å². The van der Waals surface area contributed by atoms with Gasteiger partial charge in [-0.3, -0.25) is 0 Å². The highest BCUT2D eigenvalue weighted by Crippen LogP contribution is 2.25. The minimum atomic E-state index is 0.345. The zero-order valence-electron chi connectivity index (χ0n) is 19.3. The van der Waals surface area contributed by atoms with Crippen LogP contribution in [0.4, 0.5) is 0 Å². The van der Waals surface area contributed by atoms with Gasteiger partial charge in [0.15, 0.2) is 0 Å². The van der Waals surface area contributed by atoms with Crippen LogP contribution in [0.15, 0.2) is 18.2 Å². The van der Waals surface area contributed by atoms with Crippen LogP contribution in [0.2, 0.25) is 0 Å². The van der Waals surface area contributed by atoms with Crippen molar-refractivity contribution in [3.05, 3.63) is 29.3 Å². The van der Waals surface area contributed by atoms with E-state index < -0.39 is 0 Å². The van der Waals surface area contributed by atoms with Crippen LogP contribution in [0.3, 0.4) is 0 Å². The molecule has 0 fully saturated rings. The molecule has 168 valence electrons. The number of aromatic hydroxyl groups is 1. The molecule has 0 saturated carbocycles. The second kappa shape index (κ2) is 19.0. The predicted octanol–water partition coefficient (Wildman–Crippen LogP) is 8.12. The van der Waals surface area contributed by atoms with E-state index >= 15 is 0 Å². The Morgan fingerprint density at radius 1 is 0.586 bits per heavy atom. The number of hydrogen-bond donors (Lipinski definition) is 2. The average Bonchev–Trinajstić information content (AvgIpc) is 2.72. The number of aryl methyl sites for hydroxylation is 1. The molecular weight excluding hydrogens is 356 g/mol. The lowest BCUT2D eigenvalue weighted by Crippen LogP contribution is -1.96. The van der Waals surface area contributed by atoms with E-state index in [-0.39, 0.29) is 0 Å². The number of benzene rings is 1. The molecular formula is C27H48O2. The van der Waals surface area contributed by atoms with E-state index in [1.165, 1.54) is 114 Å². The van der Waals surface area contributed by atoms with Gasteiger partial charge >= 0.3 is 0 Å². The van der Waals surface area contributed by atoms with Crippen LogP contribution >= 0.6 is 0 Å². The Morgan fingerprint density at radius 3 is 1.62 bits per heavy atom. The highest BCUT2D eigenvalue weighted by Gasteiger charge is 2.07. The van der Waals surface area contributed by atoms with Gasteiger partial charge < -0.3 is 10.2 Å². The van der Waals surface area contributed by atoms with E-state index in [2.05, 4.69) is 13.0 Å². The Hall–Kier alpha value is -1.02. The third-order valence-corrected chi connectivity index (χ3v) is 6.13. The van der Waals surface area contributed by atoms with Crippen LogP contribution < -0.4 is 0 Å². The molecule has 0 bridgehead atoms. The summed E-state index contributed by atoms with van der Waals surface area (Å²) in [4.78, 5) is 0. The summed E-state index contributed by atoms with van der Waals surface area (Å²) in [7, 11) is 0. The summed E-state index contributed by atoms with van der Waals surface area (Å²) in [5.41, 5.74) is 2.59. The Balaban J connectivity index is 2.14. The second-order valence-corrected chi connectivity index (χ2v) is 8.80. The van der Waals surface area contributed by atoms with E-state index in [0.717, 1.165) is 19.3 Å². The molecule has 0 aliphatic carbocycles. The Bertz CT molecular complexity index is 483. The fourth-order valence-corrected chi connectivity index (χ4v) is 4.24. The summed E-state index contributed by atoms with van der Waals surface area (Å²) in [6.45, 7) is 2.61. The first-order valence-electron chi connectivity index (χ1n) is 12.7. The third kappa shape index (κ3) is 13.8. The number of phenolic OH excluding ortho intramolecular Hbond substituents is 1. The molecule has 0 saturated heterocycles. The van der Waals surface area contributed by atoms with Gasteiger partial charge in [-0.1, -0.05) is 109 Å². The van der Waals surface area contributed by atoms with Gasteiger partial charge in [0.05, 0.1) is 0 Å². The summed E-state index contributed by atoms with van der Waals surface area (Å²) in [6, 6.07) is 6.10. The number of unbranched alkanes of at least 4 members (excludes halogenated alkanes) is 15. The van der Waals surface area contributed by atoms with Gasteiger partial charge in [0.2, 0.25) is 0 Å². The molecule has 2 N–H and O–H groups in total. The highest BCUT2D eigenvalue weighted by molar-refractivity contribution is 5.39. The molecule has 0 radical (unpaired) electrons. The quantitative estimate of drug-likeness (QED) is 0.215. The number of rotatable bonds is 20. The van der Waals surface area contributed by atoms with Gasteiger partial charge in [0.25, 0.3) is 0 Å². The zero-order chi connectivity index (χ0) is 21.0. The van der Waals surface area contributed by atoms with Gasteiger partial charge in [0.1, 0.15) is 5.75 Å². The summed E-state index contributed by atoms with van der Waals surface area (Å²) < 4.78 is 0. The minimum absolute atomic E-state index is 0.345. The third-order valence-electron chi connectivity index (χ3n) is 6.13. The summed E-state index contributed by atoms with van der Waals surface area (Å²) in [6.07, 6.45) is 24.1. The molecule has 0 aliphatic rings. The number of aliphatic hydroxyl groups excluding tert-OH is 1. The topological polar surface area (TPSA) is 40.5 Å². The van der Waals surface area contributed by atoms with Crippen molar-refractivity contribution in [1.82, 2.24) is 0 Å². The lowest BCUT2D eigenvalue weighted by Gasteiger charge is -2.12. The first kappa shape index (κ1) is 26.0. The summed E-state index contributed by atoms with van der Waals surface area (Å²) >= 11 is 0. The summed E-state index contributed by atoms with van der Waals surface area (Å²) in [5, 5.41) is 19.1. The number of aliphatic hydroxyl groups is 1. The smallest absolute Gasteiger partial charge is 0.119 e. The molecule has 29 heavy (non-hydrogen) atoms. The SMILES string of the molecule is CCCCCCCCCc1cccc(O)c1CCCCCCCCCCCCO. The molecule has 0 aliphatic heterocycles. The summed E-state index contributed by atoms with van der Waals surface area (Å²) in [5.74, 6) is 0.508. The molecule has 0 heterocycles. The molecule has 0 unspecified atom stereocenters. The van der Waals surface area contributed by atoms with Crippen molar-refractivity contribution in [3.63, 3.8) is 0 Å². The van der Waals surface area contributed by atoms with Crippen LogP contribution in [-0.4, -0.2) is 16.8 Å². The van der Waals surface area contributed by atoms with Gasteiger partial charge in [-0.05, 0) is 49.3 Å². The van der Waals surface area contributed by atoms with Gasteiger partial charge in [0, 0.05) is 6.61 Å². The maximum absolute atomic E-state index is 10.3. The van der Waals surface area contributed by atoms with Crippen LogP contribution in [0, 0.1) is 0 Å². The van der Waals surface area contributed by atoms with Crippen molar-refractivity contribution < 1.29 is 10.2 Å². The normalized spacial score (nSPS) is 11.2. The van der Waals surface area contributed by atoms with E-state index in [0.29, 0.717) is 12.4 Å². The van der Waals surface area contributed by atoms with Crippen LogP contribution in [0.1, 0.15) is 127 Å². The first-order valence-corrected chi connectivity index (χ1v) is 12.7. The molecule has 2 heteroatoms. The van der Waals surface area contributed by atoms with E-state index in [1.807, 2.05) is 12.1 Å². The lowest BCUT2D eigenvalue weighted by molar-refractivity contribution is 0.282.